The third kappa shape index (κ3) is 8.31. The smallest absolute Gasteiger partial charge is 0.191 e. The van der Waals surface area contributed by atoms with E-state index in [0.29, 0.717) is 0 Å². The normalized spacial score (nSPS) is 16.7. The van der Waals surface area contributed by atoms with Crippen LogP contribution in [-0.2, 0) is 6.54 Å². The number of benzene rings is 1. The number of nitrogens with zero attached hydrogens (tertiary/aromatic N) is 3. The van der Waals surface area contributed by atoms with E-state index in [1.807, 2.05) is 0 Å². The molecule has 1 aliphatic heterocycles. The van der Waals surface area contributed by atoms with Gasteiger partial charge in [-0.3, -0.25) is 0 Å². The van der Waals surface area contributed by atoms with Crippen molar-refractivity contribution in [2.24, 2.45) is 4.99 Å². The maximum atomic E-state index is 4.78. The Labute approximate surface area is 166 Å². The van der Waals surface area contributed by atoms with Gasteiger partial charge in [-0.05, 0) is 58.9 Å². The molecule has 5 nitrogen and oxygen atoms in total. The minimum Gasteiger partial charge on any atom is -0.356 e. The number of unbranched alkanes of at least 4 members (excludes halogenated alkanes) is 1. The molecule has 0 aromatic heterocycles. The van der Waals surface area contributed by atoms with E-state index in [1.165, 1.54) is 49.9 Å². The Morgan fingerprint density at radius 2 is 1.78 bits per heavy atom. The van der Waals surface area contributed by atoms with Crippen molar-refractivity contribution in [3.05, 3.63) is 35.4 Å². The fourth-order valence-corrected chi connectivity index (χ4v) is 3.41. The number of piperidine rings is 1. The quantitative estimate of drug-likeness (QED) is 0.397. The third-order valence-corrected chi connectivity index (χ3v) is 5.37. The lowest BCUT2D eigenvalue weighted by atomic mass is 10.0. The molecule has 0 unspecified atom stereocenters. The molecule has 0 saturated carbocycles. The Balaban J connectivity index is 1.77. The Morgan fingerprint density at radius 3 is 2.41 bits per heavy atom. The minimum atomic E-state index is 0.718. The number of hydrogen-bond acceptors (Lipinski definition) is 3. The van der Waals surface area contributed by atoms with Crippen molar-refractivity contribution in [3.63, 3.8) is 0 Å². The van der Waals surface area contributed by atoms with Gasteiger partial charge in [0.2, 0.25) is 0 Å². The van der Waals surface area contributed by atoms with E-state index in [4.69, 9.17) is 4.99 Å². The second kappa shape index (κ2) is 12.0. The predicted octanol–water partition coefficient (Wildman–Crippen LogP) is 2.86. The number of likely N-dealkylation sites (tertiary alicyclic amines) is 1. The van der Waals surface area contributed by atoms with Gasteiger partial charge in [-0.25, -0.2) is 4.99 Å². The summed E-state index contributed by atoms with van der Waals surface area (Å²) in [5, 5.41) is 7.00. The number of aliphatic imine (C=N–C) groups is 1. The highest BCUT2D eigenvalue weighted by molar-refractivity contribution is 5.79. The molecule has 0 radical (unpaired) electrons. The molecule has 1 heterocycles. The van der Waals surface area contributed by atoms with Crippen LogP contribution < -0.4 is 10.6 Å². The summed E-state index contributed by atoms with van der Waals surface area (Å²) in [6.07, 6.45) is 4.91. The van der Waals surface area contributed by atoms with Gasteiger partial charge in [0.05, 0.1) is 6.54 Å². The van der Waals surface area contributed by atoms with Crippen LogP contribution in [0.15, 0.2) is 29.3 Å². The summed E-state index contributed by atoms with van der Waals surface area (Å²) < 4.78 is 0. The van der Waals surface area contributed by atoms with Crippen molar-refractivity contribution in [2.75, 3.05) is 46.8 Å². The molecule has 1 saturated heterocycles. The van der Waals surface area contributed by atoms with E-state index in [0.717, 1.165) is 38.2 Å². The van der Waals surface area contributed by atoms with Gasteiger partial charge < -0.3 is 20.4 Å². The Morgan fingerprint density at radius 1 is 1.11 bits per heavy atom. The summed E-state index contributed by atoms with van der Waals surface area (Å²) in [4.78, 5) is 9.71. The molecule has 0 spiro atoms. The zero-order chi connectivity index (χ0) is 19.5. The highest BCUT2D eigenvalue weighted by Crippen LogP contribution is 2.13. The van der Waals surface area contributed by atoms with Crippen LogP contribution >= 0.6 is 0 Å². The molecule has 0 amide bonds. The largest absolute Gasteiger partial charge is 0.356 e. The van der Waals surface area contributed by atoms with Crippen molar-refractivity contribution >= 4 is 5.96 Å². The molecule has 1 aromatic rings. The minimum absolute atomic E-state index is 0.718. The van der Waals surface area contributed by atoms with Crippen LogP contribution in [0.2, 0.25) is 0 Å². The summed E-state index contributed by atoms with van der Waals surface area (Å²) in [6, 6.07) is 9.38. The van der Waals surface area contributed by atoms with Gasteiger partial charge in [-0.2, -0.15) is 0 Å². The summed E-state index contributed by atoms with van der Waals surface area (Å²) in [7, 11) is 4.39. The number of nitrogens with one attached hydrogen (secondary N) is 2. The molecule has 0 bridgehead atoms. The molecule has 2 N–H and O–H groups in total. The third-order valence-electron chi connectivity index (χ3n) is 5.37. The molecule has 5 heteroatoms. The van der Waals surface area contributed by atoms with Crippen molar-refractivity contribution in [2.45, 2.75) is 52.1 Å². The monoisotopic (exact) mass is 373 g/mol. The average molecular weight is 374 g/mol. The second-order valence-corrected chi connectivity index (χ2v) is 7.89. The first-order valence-corrected chi connectivity index (χ1v) is 10.5. The van der Waals surface area contributed by atoms with Crippen molar-refractivity contribution in [3.8, 4) is 0 Å². The van der Waals surface area contributed by atoms with Crippen molar-refractivity contribution in [1.29, 1.82) is 0 Å². The lowest BCUT2D eigenvalue weighted by Crippen LogP contribution is -2.46. The molecular formula is C22H39N5. The SMILES string of the molecule is CCCCNC(=NCc1ccc(C)cc1)NCCN1CCC(N(C)C)CC1. The fraction of sp³-hybridized carbons (Fsp3) is 0.682. The van der Waals surface area contributed by atoms with E-state index in [1.54, 1.807) is 0 Å². The standard InChI is InChI=1S/C22H39N5/c1-5-6-13-23-22(25-18-20-9-7-19(2)8-10-20)24-14-17-27-15-11-21(12-16-27)26(3)4/h7-10,21H,5-6,11-18H2,1-4H3,(H2,23,24,25). The summed E-state index contributed by atoms with van der Waals surface area (Å²) in [5.74, 6) is 0.937. The van der Waals surface area contributed by atoms with Crippen LogP contribution in [0.5, 0.6) is 0 Å². The lowest BCUT2D eigenvalue weighted by Gasteiger charge is -2.35. The first-order valence-electron chi connectivity index (χ1n) is 10.5. The maximum absolute atomic E-state index is 4.78. The zero-order valence-corrected chi connectivity index (χ0v) is 17.8. The van der Waals surface area contributed by atoms with Gasteiger partial charge in [-0.15, -0.1) is 0 Å². The van der Waals surface area contributed by atoms with Crippen LogP contribution in [0.25, 0.3) is 0 Å². The van der Waals surface area contributed by atoms with Crippen molar-refractivity contribution < 1.29 is 0 Å². The molecule has 0 atom stereocenters. The van der Waals surface area contributed by atoms with Gasteiger partial charge in [0.1, 0.15) is 0 Å². The molecule has 152 valence electrons. The van der Waals surface area contributed by atoms with Crippen LogP contribution in [0.3, 0.4) is 0 Å². The first kappa shape index (κ1) is 21.7. The van der Waals surface area contributed by atoms with Gasteiger partial charge in [-0.1, -0.05) is 43.2 Å². The summed E-state index contributed by atoms with van der Waals surface area (Å²) in [5.41, 5.74) is 2.54. The maximum Gasteiger partial charge on any atom is 0.191 e. The highest BCUT2D eigenvalue weighted by atomic mass is 15.2. The molecule has 1 aromatic carbocycles. The number of guanidine groups is 1. The van der Waals surface area contributed by atoms with Gasteiger partial charge >= 0.3 is 0 Å². The van der Waals surface area contributed by atoms with Gasteiger partial charge in [0.15, 0.2) is 5.96 Å². The van der Waals surface area contributed by atoms with Crippen LogP contribution in [-0.4, -0.2) is 68.6 Å². The molecular weight excluding hydrogens is 334 g/mol. The fourth-order valence-electron chi connectivity index (χ4n) is 3.41. The Hall–Kier alpha value is -1.59. The lowest BCUT2D eigenvalue weighted by molar-refractivity contribution is 0.146. The van der Waals surface area contributed by atoms with Crippen LogP contribution in [0, 0.1) is 6.92 Å². The van der Waals surface area contributed by atoms with E-state index >= 15 is 0 Å². The van der Waals surface area contributed by atoms with E-state index in [2.05, 4.69) is 72.6 Å². The first-order chi connectivity index (χ1) is 13.1. The summed E-state index contributed by atoms with van der Waals surface area (Å²) in [6.45, 7) is 10.5. The topological polar surface area (TPSA) is 42.9 Å². The molecule has 1 aliphatic rings. The second-order valence-electron chi connectivity index (χ2n) is 7.89. The van der Waals surface area contributed by atoms with E-state index in [-0.39, 0.29) is 0 Å². The van der Waals surface area contributed by atoms with E-state index in [9.17, 15) is 0 Å². The van der Waals surface area contributed by atoms with Crippen LogP contribution in [0.4, 0.5) is 0 Å². The van der Waals surface area contributed by atoms with E-state index < -0.39 is 0 Å². The number of aryl methyl sites for hydroxylation is 1. The summed E-state index contributed by atoms with van der Waals surface area (Å²) >= 11 is 0. The van der Waals surface area contributed by atoms with Gasteiger partial charge in [0, 0.05) is 25.7 Å². The number of hydrogen-bond donors (Lipinski definition) is 2. The van der Waals surface area contributed by atoms with Crippen molar-refractivity contribution in [1.82, 2.24) is 20.4 Å². The highest BCUT2D eigenvalue weighted by Gasteiger charge is 2.19. The Bertz CT molecular complexity index is 544. The predicted molar refractivity (Wildman–Crippen MR) is 116 cm³/mol. The van der Waals surface area contributed by atoms with Crippen LogP contribution in [0.1, 0.15) is 43.7 Å². The number of rotatable bonds is 9. The molecule has 2 rings (SSSR count). The molecule has 0 aliphatic carbocycles. The van der Waals surface area contributed by atoms with Gasteiger partial charge in [0.25, 0.3) is 0 Å². The Kier molecular flexibility index (Phi) is 9.64. The molecule has 1 fully saturated rings. The zero-order valence-electron chi connectivity index (χ0n) is 17.8. The molecule has 27 heavy (non-hydrogen) atoms. The average Bonchev–Trinajstić information content (AvgIpc) is 2.67.